The van der Waals surface area contributed by atoms with Crippen molar-refractivity contribution in [2.45, 2.75) is 59.5 Å². The molecule has 1 aromatic heterocycles. The van der Waals surface area contributed by atoms with Crippen LogP contribution in [-0.2, 0) is 6.54 Å². The van der Waals surface area contributed by atoms with E-state index >= 15 is 0 Å². The quantitative estimate of drug-likeness (QED) is 0.898. The Hall–Kier alpha value is -2.10. The van der Waals surface area contributed by atoms with Crippen molar-refractivity contribution < 1.29 is 4.79 Å². The molecule has 0 spiro atoms. The van der Waals surface area contributed by atoms with Crippen molar-refractivity contribution in [2.24, 2.45) is 16.7 Å². The van der Waals surface area contributed by atoms with E-state index in [1.807, 2.05) is 16.9 Å². The van der Waals surface area contributed by atoms with E-state index in [-0.39, 0.29) is 22.8 Å². The minimum atomic E-state index is -0.0421. The smallest absolute Gasteiger partial charge is 0.272 e. The Morgan fingerprint density at radius 3 is 2.62 bits per heavy atom. The Morgan fingerprint density at radius 1 is 1.23 bits per heavy atom. The van der Waals surface area contributed by atoms with Crippen LogP contribution in [-0.4, -0.2) is 21.7 Å². The number of carbonyl (C=O) groups excluding carboxylic acids is 1. The summed E-state index contributed by atoms with van der Waals surface area (Å²) in [4.78, 5) is 12.8. The first-order chi connectivity index (χ1) is 12.3. The van der Waals surface area contributed by atoms with Crippen molar-refractivity contribution in [1.82, 2.24) is 15.1 Å². The monoisotopic (exact) mass is 351 g/mol. The largest absolute Gasteiger partial charge is 0.347 e. The summed E-state index contributed by atoms with van der Waals surface area (Å²) in [6, 6.07) is 10.5. The second-order valence-corrected chi connectivity index (χ2v) is 9.21. The van der Waals surface area contributed by atoms with E-state index in [4.69, 9.17) is 0 Å². The van der Waals surface area contributed by atoms with Gasteiger partial charge in [0.15, 0.2) is 0 Å². The predicted octanol–water partition coefficient (Wildman–Crippen LogP) is 4.18. The van der Waals surface area contributed by atoms with Gasteiger partial charge in [0.25, 0.3) is 5.91 Å². The van der Waals surface area contributed by atoms with Crippen LogP contribution in [0.15, 0.2) is 36.5 Å². The second-order valence-electron chi connectivity index (χ2n) is 9.21. The van der Waals surface area contributed by atoms with Crippen LogP contribution in [0.1, 0.15) is 61.6 Å². The van der Waals surface area contributed by atoms with E-state index in [2.05, 4.69) is 62.4 Å². The molecular weight excluding hydrogens is 322 g/mol. The van der Waals surface area contributed by atoms with Crippen molar-refractivity contribution >= 4 is 5.91 Å². The third-order valence-corrected chi connectivity index (χ3v) is 6.88. The molecule has 1 aromatic carbocycles. The van der Waals surface area contributed by atoms with Crippen LogP contribution >= 0.6 is 0 Å². The van der Waals surface area contributed by atoms with Crippen molar-refractivity contribution in [3.8, 4) is 0 Å². The molecule has 2 bridgehead atoms. The molecule has 1 amide bonds. The number of aromatic nitrogens is 2. The van der Waals surface area contributed by atoms with Gasteiger partial charge in [-0.15, -0.1) is 0 Å². The maximum Gasteiger partial charge on any atom is 0.272 e. The summed E-state index contributed by atoms with van der Waals surface area (Å²) in [5.41, 5.74) is 3.34. The number of fused-ring (bicyclic) bond motifs is 2. The van der Waals surface area contributed by atoms with Gasteiger partial charge in [-0.1, -0.05) is 50.6 Å². The zero-order valence-electron chi connectivity index (χ0n) is 16.2. The normalized spacial score (nSPS) is 29.1. The molecule has 2 aliphatic rings. The van der Waals surface area contributed by atoms with Crippen molar-refractivity contribution in [2.75, 3.05) is 0 Å². The van der Waals surface area contributed by atoms with Gasteiger partial charge in [-0.2, -0.15) is 5.10 Å². The fraction of sp³-hybridized carbons (Fsp3) is 0.545. The van der Waals surface area contributed by atoms with E-state index in [1.165, 1.54) is 30.4 Å². The van der Waals surface area contributed by atoms with Gasteiger partial charge in [0.05, 0.1) is 6.54 Å². The molecule has 4 heteroatoms. The molecule has 3 atom stereocenters. The van der Waals surface area contributed by atoms with Crippen molar-refractivity contribution in [3.05, 3.63) is 53.3 Å². The number of amides is 1. The Morgan fingerprint density at radius 2 is 1.96 bits per heavy atom. The fourth-order valence-corrected chi connectivity index (χ4v) is 5.32. The number of carbonyl (C=O) groups is 1. The third kappa shape index (κ3) is 2.85. The van der Waals surface area contributed by atoms with Crippen LogP contribution < -0.4 is 5.32 Å². The molecule has 26 heavy (non-hydrogen) atoms. The highest BCUT2D eigenvalue weighted by Crippen LogP contribution is 2.62. The number of benzene rings is 1. The van der Waals surface area contributed by atoms with Gasteiger partial charge in [0.2, 0.25) is 0 Å². The maximum atomic E-state index is 12.8. The van der Waals surface area contributed by atoms with E-state index in [0.29, 0.717) is 12.2 Å². The number of nitrogens with zero attached hydrogens (tertiary/aromatic N) is 2. The maximum absolute atomic E-state index is 12.8. The highest BCUT2D eigenvalue weighted by atomic mass is 16.2. The first kappa shape index (κ1) is 17.3. The SMILES string of the molecule is Cc1ccc(Cn2ccc(C(=O)NC3C4(C)CCC(C4)C3(C)C)n2)cc1. The fourth-order valence-electron chi connectivity index (χ4n) is 5.32. The molecule has 1 heterocycles. The number of aryl methyl sites for hydroxylation is 1. The Balaban J connectivity index is 1.46. The summed E-state index contributed by atoms with van der Waals surface area (Å²) in [5.74, 6) is 0.677. The Labute approximate surface area is 156 Å². The molecule has 2 fully saturated rings. The molecule has 138 valence electrons. The summed E-state index contributed by atoms with van der Waals surface area (Å²) < 4.78 is 1.84. The van der Waals surface area contributed by atoms with Gasteiger partial charge >= 0.3 is 0 Å². The molecule has 0 saturated heterocycles. The Kier molecular flexibility index (Phi) is 3.98. The second kappa shape index (κ2) is 5.97. The Bertz CT molecular complexity index is 815. The number of rotatable bonds is 4. The van der Waals surface area contributed by atoms with E-state index < -0.39 is 0 Å². The molecule has 2 aliphatic carbocycles. The summed E-state index contributed by atoms with van der Waals surface area (Å²) >= 11 is 0. The van der Waals surface area contributed by atoms with Crippen LogP contribution in [0.2, 0.25) is 0 Å². The van der Waals surface area contributed by atoms with Crippen LogP contribution in [0.3, 0.4) is 0 Å². The third-order valence-electron chi connectivity index (χ3n) is 6.88. The molecule has 3 unspecified atom stereocenters. The van der Waals surface area contributed by atoms with E-state index in [9.17, 15) is 4.79 Å². The molecule has 4 rings (SSSR count). The molecule has 0 aliphatic heterocycles. The van der Waals surface area contributed by atoms with Gasteiger partial charge in [0.1, 0.15) is 5.69 Å². The molecule has 2 aromatic rings. The lowest BCUT2D eigenvalue weighted by molar-refractivity contribution is 0.0732. The average molecular weight is 351 g/mol. The minimum Gasteiger partial charge on any atom is -0.347 e. The first-order valence-electron chi connectivity index (χ1n) is 9.68. The van der Waals surface area contributed by atoms with Crippen LogP contribution in [0.4, 0.5) is 0 Å². The number of hydrogen-bond donors (Lipinski definition) is 1. The highest BCUT2D eigenvalue weighted by molar-refractivity contribution is 5.92. The zero-order valence-corrected chi connectivity index (χ0v) is 16.2. The molecule has 4 nitrogen and oxygen atoms in total. The number of nitrogens with one attached hydrogen (secondary N) is 1. The summed E-state index contributed by atoms with van der Waals surface area (Å²) in [5, 5.41) is 7.83. The van der Waals surface area contributed by atoms with Crippen LogP contribution in [0.25, 0.3) is 0 Å². The first-order valence-corrected chi connectivity index (χ1v) is 9.68. The molecule has 1 N–H and O–H groups in total. The lowest BCUT2D eigenvalue weighted by Gasteiger charge is -2.42. The number of hydrogen-bond acceptors (Lipinski definition) is 2. The topological polar surface area (TPSA) is 46.9 Å². The van der Waals surface area contributed by atoms with Gasteiger partial charge in [-0.3, -0.25) is 9.48 Å². The summed E-state index contributed by atoms with van der Waals surface area (Å²) in [7, 11) is 0. The average Bonchev–Trinajstić information content (AvgIpc) is 3.25. The lowest BCUT2D eigenvalue weighted by Crippen LogP contribution is -2.52. The van der Waals surface area contributed by atoms with Gasteiger partial charge in [-0.05, 0) is 54.6 Å². The van der Waals surface area contributed by atoms with E-state index in [0.717, 1.165) is 5.92 Å². The van der Waals surface area contributed by atoms with Gasteiger partial charge in [0, 0.05) is 12.2 Å². The van der Waals surface area contributed by atoms with Gasteiger partial charge in [-0.25, -0.2) is 0 Å². The molecular formula is C22H29N3O. The highest BCUT2D eigenvalue weighted by Gasteiger charge is 2.59. The summed E-state index contributed by atoms with van der Waals surface area (Å²) in [6.07, 6.45) is 5.63. The molecule has 2 saturated carbocycles. The molecule has 0 radical (unpaired) electrons. The summed E-state index contributed by atoms with van der Waals surface area (Å²) in [6.45, 7) is 9.72. The van der Waals surface area contributed by atoms with Crippen LogP contribution in [0, 0.1) is 23.7 Å². The van der Waals surface area contributed by atoms with Gasteiger partial charge < -0.3 is 5.32 Å². The van der Waals surface area contributed by atoms with Crippen LogP contribution in [0.5, 0.6) is 0 Å². The van der Waals surface area contributed by atoms with E-state index in [1.54, 1.807) is 0 Å². The minimum absolute atomic E-state index is 0.0421. The standard InChI is InChI=1S/C22H29N3O/c1-15-5-7-16(8-6-15)14-25-12-10-18(24-25)19(26)23-20-21(2,3)17-9-11-22(20,4)13-17/h5-8,10,12,17,20H,9,11,13-14H2,1-4H3,(H,23,26). The van der Waals surface area contributed by atoms with Crippen molar-refractivity contribution in [3.63, 3.8) is 0 Å². The van der Waals surface area contributed by atoms with Crippen molar-refractivity contribution in [1.29, 1.82) is 0 Å². The lowest BCUT2D eigenvalue weighted by atomic mass is 9.68. The zero-order chi connectivity index (χ0) is 18.5. The predicted molar refractivity (Wildman–Crippen MR) is 103 cm³/mol.